The van der Waals surface area contributed by atoms with E-state index < -0.39 is 0 Å². The molecule has 0 spiro atoms. The summed E-state index contributed by atoms with van der Waals surface area (Å²) in [5.74, 6) is 0. The first-order chi connectivity index (χ1) is 9.54. The minimum atomic E-state index is 0.498. The number of aryl methyl sites for hydroxylation is 1. The van der Waals surface area contributed by atoms with Crippen LogP contribution in [0.2, 0.25) is 0 Å². The summed E-state index contributed by atoms with van der Waals surface area (Å²) in [5, 5.41) is 6.71. The second kappa shape index (κ2) is 6.86. The first-order valence-electron chi connectivity index (χ1n) is 6.99. The number of nitrogens with one attached hydrogen (secondary N) is 1. The van der Waals surface area contributed by atoms with Crippen molar-refractivity contribution in [2.75, 3.05) is 11.9 Å². The highest BCUT2D eigenvalue weighted by Gasteiger charge is 2.06. The van der Waals surface area contributed by atoms with E-state index in [0.717, 1.165) is 23.8 Å². The normalized spacial score (nSPS) is 11.1. The SMILES string of the molecule is Cc1ccc(N(C)Cc2csc(CNC(C)C)n2)cc1. The Morgan fingerprint density at radius 2 is 1.95 bits per heavy atom. The van der Waals surface area contributed by atoms with E-state index in [-0.39, 0.29) is 0 Å². The molecule has 2 aromatic rings. The molecule has 0 fully saturated rings. The van der Waals surface area contributed by atoms with Gasteiger partial charge in [-0.05, 0) is 19.1 Å². The van der Waals surface area contributed by atoms with Crippen LogP contribution in [0, 0.1) is 6.92 Å². The molecule has 0 saturated heterocycles. The predicted octanol–water partition coefficient (Wildman–Crippen LogP) is 3.59. The van der Waals surface area contributed by atoms with Gasteiger partial charge >= 0.3 is 0 Å². The van der Waals surface area contributed by atoms with Crippen molar-refractivity contribution in [1.29, 1.82) is 0 Å². The number of hydrogen-bond donors (Lipinski definition) is 1. The molecule has 108 valence electrons. The van der Waals surface area contributed by atoms with E-state index >= 15 is 0 Å². The number of rotatable bonds is 6. The molecular formula is C16H23N3S. The number of aromatic nitrogens is 1. The van der Waals surface area contributed by atoms with Crippen molar-refractivity contribution in [2.24, 2.45) is 0 Å². The van der Waals surface area contributed by atoms with Crippen molar-refractivity contribution in [3.63, 3.8) is 0 Å². The monoisotopic (exact) mass is 289 g/mol. The van der Waals surface area contributed by atoms with Crippen molar-refractivity contribution in [1.82, 2.24) is 10.3 Å². The molecule has 1 N–H and O–H groups in total. The zero-order valence-electron chi connectivity index (χ0n) is 12.7. The minimum absolute atomic E-state index is 0.498. The Morgan fingerprint density at radius 3 is 2.60 bits per heavy atom. The van der Waals surface area contributed by atoms with Crippen molar-refractivity contribution < 1.29 is 0 Å². The van der Waals surface area contributed by atoms with Gasteiger partial charge < -0.3 is 10.2 Å². The molecule has 0 aliphatic carbocycles. The van der Waals surface area contributed by atoms with Crippen molar-refractivity contribution >= 4 is 17.0 Å². The van der Waals surface area contributed by atoms with Crippen LogP contribution in [0.5, 0.6) is 0 Å². The number of nitrogens with zero attached hydrogens (tertiary/aromatic N) is 2. The standard InChI is InChI=1S/C16H23N3S/c1-12(2)17-9-16-18-14(11-20-16)10-19(4)15-7-5-13(3)6-8-15/h5-8,11-12,17H,9-10H2,1-4H3. The molecule has 0 saturated carbocycles. The molecule has 0 atom stereocenters. The van der Waals surface area contributed by atoms with Gasteiger partial charge in [-0.1, -0.05) is 31.5 Å². The topological polar surface area (TPSA) is 28.2 Å². The number of anilines is 1. The Kier molecular flexibility index (Phi) is 5.15. The van der Waals surface area contributed by atoms with Crippen LogP contribution < -0.4 is 10.2 Å². The van der Waals surface area contributed by atoms with E-state index in [1.165, 1.54) is 11.3 Å². The molecule has 2 rings (SSSR count). The zero-order chi connectivity index (χ0) is 14.5. The second-order valence-electron chi connectivity index (χ2n) is 5.46. The van der Waals surface area contributed by atoms with E-state index in [2.05, 4.69) is 72.7 Å². The third kappa shape index (κ3) is 4.32. The number of thiazole rings is 1. The Bertz CT molecular complexity index is 531. The molecule has 4 heteroatoms. The van der Waals surface area contributed by atoms with Crippen LogP contribution in [0.25, 0.3) is 0 Å². The van der Waals surface area contributed by atoms with Crippen LogP contribution in [0.1, 0.15) is 30.1 Å². The van der Waals surface area contributed by atoms with Gasteiger partial charge in [-0.3, -0.25) is 0 Å². The lowest BCUT2D eigenvalue weighted by molar-refractivity contribution is 0.586. The van der Waals surface area contributed by atoms with Gasteiger partial charge in [0.15, 0.2) is 0 Å². The minimum Gasteiger partial charge on any atom is -0.369 e. The molecule has 3 nitrogen and oxygen atoms in total. The zero-order valence-corrected chi connectivity index (χ0v) is 13.5. The quantitative estimate of drug-likeness (QED) is 0.881. The smallest absolute Gasteiger partial charge is 0.107 e. The largest absolute Gasteiger partial charge is 0.369 e. The molecule has 20 heavy (non-hydrogen) atoms. The molecule has 0 amide bonds. The van der Waals surface area contributed by atoms with E-state index in [4.69, 9.17) is 0 Å². The van der Waals surface area contributed by atoms with E-state index in [9.17, 15) is 0 Å². The second-order valence-corrected chi connectivity index (χ2v) is 6.40. The molecule has 1 aromatic carbocycles. The maximum Gasteiger partial charge on any atom is 0.107 e. The van der Waals surface area contributed by atoms with Crippen molar-refractivity contribution in [3.05, 3.63) is 45.9 Å². The summed E-state index contributed by atoms with van der Waals surface area (Å²) < 4.78 is 0. The van der Waals surface area contributed by atoms with E-state index in [1.807, 2.05) is 0 Å². The summed E-state index contributed by atoms with van der Waals surface area (Å²) in [6.07, 6.45) is 0. The average molecular weight is 289 g/mol. The van der Waals surface area contributed by atoms with Gasteiger partial charge in [0.25, 0.3) is 0 Å². The summed E-state index contributed by atoms with van der Waals surface area (Å²) in [5.41, 5.74) is 3.65. The summed E-state index contributed by atoms with van der Waals surface area (Å²) in [4.78, 5) is 6.91. The van der Waals surface area contributed by atoms with Crippen LogP contribution in [0.4, 0.5) is 5.69 Å². The summed E-state index contributed by atoms with van der Waals surface area (Å²) in [6, 6.07) is 9.10. The molecule has 1 heterocycles. The fraction of sp³-hybridized carbons (Fsp3) is 0.438. The highest BCUT2D eigenvalue weighted by Crippen LogP contribution is 2.17. The Morgan fingerprint density at radius 1 is 1.25 bits per heavy atom. The van der Waals surface area contributed by atoms with Gasteiger partial charge in [-0.25, -0.2) is 4.98 Å². The number of hydrogen-bond acceptors (Lipinski definition) is 4. The third-order valence-corrected chi connectivity index (χ3v) is 4.03. The van der Waals surface area contributed by atoms with Gasteiger partial charge in [0.2, 0.25) is 0 Å². The highest BCUT2D eigenvalue weighted by atomic mass is 32.1. The van der Waals surface area contributed by atoms with Gasteiger partial charge in [0.05, 0.1) is 12.2 Å². The van der Waals surface area contributed by atoms with Crippen molar-refractivity contribution in [2.45, 2.75) is 39.9 Å². The predicted molar refractivity (Wildman–Crippen MR) is 87.4 cm³/mol. The highest BCUT2D eigenvalue weighted by molar-refractivity contribution is 7.09. The van der Waals surface area contributed by atoms with Crippen LogP contribution in [0.3, 0.4) is 0 Å². The van der Waals surface area contributed by atoms with Crippen LogP contribution in [-0.4, -0.2) is 18.1 Å². The first kappa shape index (κ1) is 15.0. The average Bonchev–Trinajstić information content (AvgIpc) is 2.84. The molecule has 1 aromatic heterocycles. The molecule has 0 aliphatic heterocycles. The van der Waals surface area contributed by atoms with Crippen LogP contribution in [-0.2, 0) is 13.1 Å². The lowest BCUT2D eigenvalue weighted by atomic mass is 10.2. The van der Waals surface area contributed by atoms with E-state index in [0.29, 0.717) is 6.04 Å². The lowest BCUT2D eigenvalue weighted by Gasteiger charge is -2.18. The van der Waals surface area contributed by atoms with Gasteiger partial charge in [0.1, 0.15) is 5.01 Å². The lowest BCUT2D eigenvalue weighted by Crippen LogP contribution is -2.22. The molecule has 0 bridgehead atoms. The number of benzene rings is 1. The maximum atomic E-state index is 4.68. The third-order valence-electron chi connectivity index (χ3n) is 3.13. The van der Waals surface area contributed by atoms with Gasteiger partial charge in [-0.2, -0.15) is 0 Å². The Labute approximate surface area is 125 Å². The van der Waals surface area contributed by atoms with E-state index in [1.54, 1.807) is 11.3 Å². The van der Waals surface area contributed by atoms with Crippen molar-refractivity contribution in [3.8, 4) is 0 Å². The molecular weight excluding hydrogens is 266 g/mol. The molecule has 0 unspecified atom stereocenters. The van der Waals surface area contributed by atoms with Gasteiger partial charge in [0, 0.05) is 30.7 Å². The fourth-order valence-corrected chi connectivity index (χ4v) is 2.66. The Balaban J connectivity index is 1.94. The van der Waals surface area contributed by atoms with Gasteiger partial charge in [-0.15, -0.1) is 11.3 Å². The summed E-state index contributed by atoms with van der Waals surface area (Å²) in [7, 11) is 2.11. The first-order valence-corrected chi connectivity index (χ1v) is 7.87. The summed E-state index contributed by atoms with van der Waals surface area (Å²) >= 11 is 1.73. The van der Waals surface area contributed by atoms with Crippen LogP contribution in [0.15, 0.2) is 29.6 Å². The molecule has 0 radical (unpaired) electrons. The maximum absolute atomic E-state index is 4.68. The van der Waals surface area contributed by atoms with Crippen LogP contribution >= 0.6 is 11.3 Å². The summed E-state index contributed by atoms with van der Waals surface area (Å²) in [6.45, 7) is 8.12. The fourth-order valence-electron chi connectivity index (χ4n) is 1.93. The molecule has 0 aliphatic rings. The Hall–Kier alpha value is -1.39.